The third-order valence-corrected chi connectivity index (χ3v) is 7.03. The molecule has 0 bridgehead atoms. The van der Waals surface area contributed by atoms with E-state index in [-0.39, 0.29) is 12.6 Å². The van der Waals surface area contributed by atoms with Crippen molar-refractivity contribution < 1.29 is 32.0 Å². The van der Waals surface area contributed by atoms with Gasteiger partial charge in [0.2, 0.25) is 11.7 Å². The number of amides is 1. The van der Waals surface area contributed by atoms with Gasteiger partial charge in [-0.15, -0.1) is 0 Å². The number of carbonyl (C=O) groups is 1. The summed E-state index contributed by atoms with van der Waals surface area (Å²) in [6.07, 6.45) is -2.97. The Labute approximate surface area is 247 Å². The highest BCUT2D eigenvalue weighted by Gasteiger charge is 2.33. The predicted octanol–water partition coefficient (Wildman–Crippen LogP) is 8.02. The molecule has 0 spiro atoms. The molecule has 3 aromatic carbocycles. The standard InChI is InChI=1S/C32H33F3N4O4/c1-20(36-30(40)42-31(2,3)4)39-15-6-9-27(39)29-37-28(38-43-29)24-11-10-23-19-26(13-12-22(23)18-24)41-16-14-21-7-5-8-25(17-21)32(33,34)35/h5,7-8,10-13,17-19,27H,6,9,14-16H2,1-4H3/t27-/m0/s1. The van der Waals surface area contributed by atoms with Crippen molar-refractivity contribution in [2.45, 2.75) is 64.8 Å². The molecule has 1 atom stereocenters. The number of benzene rings is 3. The van der Waals surface area contributed by atoms with Gasteiger partial charge in [-0.1, -0.05) is 41.6 Å². The number of ether oxygens (including phenoxy) is 2. The van der Waals surface area contributed by atoms with E-state index in [1.807, 2.05) is 41.3 Å². The van der Waals surface area contributed by atoms with Crippen LogP contribution in [0.3, 0.4) is 0 Å². The number of carbonyl (C=O) groups excluding carboxylic acids is 1. The van der Waals surface area contributed by atoms with E-state index in [0.29, 0.717) is 41.8 Å². The molecule has 43 heavy (non-hydrogen) atoms. The lowest BCUT2D eigenvalue weighted by Crippen LogP contribution is -2.30. The first-order valence-corrected chi connectivity index (χ1v) is 14.1. The molecule has 11 heteroatoms. The van der Waals surface area contributed by atoms with Crippen molar-refractivity contribution in [3.8, 4) is 17.1 Å². The highest BCUT2D eigenvalue weighted by atomic mass is 19.4. The van der Waals surface area contributed by atoms with E-state index < -0.39 is 23.4 Å². The van der Waals surface area contributed by atoms with Gasteiger partial charge in [-0.25, -0.2) is 4.79 Å². The number of fused-ring (bicyclic) bond motifs is 1. The molecule has 5 rings (SSSR count). The summed E-state index contributed by atoms with van der Waals surface area (Å²) in [4.78, 5) is 23.0. The van der Waals surface area contributed by atoms with Crippen LogP contribution in [0.4, 0.5) is 18.0 Å². The largest absolute Gasteiger partial charge is 0.493 e. The fourth-order valence-corrected chi connectivity index (χ4v) is 5.02. The maximum Gasteiger partial charge on any atom is 0.435 e. The summed E-state index contributed by atoms with van der Waals surface area (Å²) in [5, 5.41) is 6.08. The van der Waals surface area contributed by atoms with Gasteiger partial charge in [-0.2, -0.15) is 23.1 Å². The molecule has 8 nitrogen and oxygen atoms in total. The molecule has 0 N–H and O–H groups in total. The fraction of sp³-hybridized carbons (Fsp3) is 0.375. The Morgan fingerprint density at radius 1 is 1.07 bits per heavy atom. The topological polar surface area (TPSA) is 90.0 Å². The van der Waals surface area contributed by atoms with Gasteiger partial charge in [-0.05, 0) is 81.1 Å². The Morgan fingerprint density at radius 3 is 2.60 bits per heavy atom. The Morgan fingerprint density at radius 2 is 1.84 bits per heavy atom. The molecule has 0 aliphatic carbocycles. The molecule has 0 unspecified atom stereocenters. The van der Waals surface area contributed by atoms with Gasteiger partial charge in [0.15, 0.2) is 0 Å². The molecule has 226 valence electrons. The Kier molecular flexibility index (Phi) is 8.43. The Bertz CT molecular complexity index is 1640. The van der Waals surface area contributed by atoms with E-state index in [1.54, 1.807) is 33.8 Å². The minimum atomic E-state index is -4.37. The Hall–Kier alpha value is -4.41. The van der Waals surface area contributed by atoms with Crippen LogP contribution in [-0.4, -0.2) is 45.7 Å². The summed E-state index contributed by atoms with van der Waals surface area (Å²) in [7, 11) is 0. The number of rotatable bonds is 6. The molecule has 1 amide bonds. The van der Waals surface area contributed by atoms with Gasteiger partial charge in [-0.3, -0.25) is 0 Å². The van der Waals surface area contributed by atoms with Crippen molar-refractivity contribution in [3.63, 3.8) is 0 Å². The summed E-state index contributed by atoms with van der Waals surface area (Å²) in [5.41, 5.74) is 0.0507. The van der Waals surface area contributed by atoms with Gasteiger partial charge < -0.3 is 18.9 Å². The third-order valence-electron chi connectivity index (χ3n) is 7.03. The van der Waals surface area contributed by atoms with Crippen molar-refractivity contribution in [2.24, 2.45) is 4.99 Å². The number of nitrogens with zero attached hydrogens (tertiary/aromatic N) is 4. The summed E-state index contributed by atoms with van der Waals surface area (Å²) >= 11 is 0. The van der Waals surface area contributed by atoms with Gasteiger partial charge >= 0.3 is 12.3 Å². The van der Waals surface area contributed by atoms with E-state index in [9.17, 15) is 18.0 Å². The van der Waals surface area contributed by atoms with Crippen LogP contribution in [0, 0.1) is 0 Å². The first-order chi connectivity index (χ1) is 20.4. The van der Waals surface area contributed by atoms with Crippen LogP contribution in [0.15, 0.2) is 70.2 Å². The molecule has 1 saturated heterocycles. The molecule has 1 fully saturated rings. The van der Waals surface area contributed by atoms with E-state index in [1.165, 1.54) is 6.07 Å². The molecular weight excluding hydrogens is 561 g/mol. The molecule has 1 aliphatic heterocycles. The number of halogens is 3. The molecular formula is C32H33F3N4O4. The quantitative estimate of drug-likeness (QED) is 0.165. The second kappa shape index (κ2) is 12.1. The summed E-state index contributed by atoms with van der Waals surface area (Å²) in [6, 6.07) is 16.5. The van der Waals surface area contributed by atoms with Gasteiger partial charge in [0, 0.05) is 18.5 Å². The minimum absolute atomic E-state index is 0.191. The predicted molar refractivity (Wildman–Crippen MR) is 156 cm³/mol. The van der Waals surface area contributed by atoms with Gasteiger partial charge in [0.05, 0.1) is 12.2 Å². The number of hydrogen-bond donors (Lipinski definition) is 0. The normalized spacial score (nSPS) is 16.1. The molecule has 1 aliphatic rings. The van der Waals surface area contributed by atoms with Crippen LogP contribution >= 0.6 is 0 Å². The summed E-state index contributed by atoms with van der Waals surface area (Å²) < 4.78 is 55.7. The number of amidine groups is 1. The minimum Gasteiger partial charge on any atom is -0.493 e. The van der Waals surface area contributed by atoms with Crippen LogP contribution in [-0.2, 0) is 17.3 Å². The first-order valence-electron chi connectivity index (χ1n) is 14.1. The van der Waals surface area contributed by atoms with Crippen molar-refractivity contribution in [2.75, 3.05) is 13.2 Å². The highest BCUT2D eigenvalue weighted by Crippen LogP contribution is 2.34. The van der Waals surface area contributed by atoms with Crippen LogP contribution in [0.2, 0.25) is 0 Å². The summed E-state index contributed by atoms with van der Waals surface area (Å²) in [5.74, 6) is 2.07. The third kappa shape index (κ3) is 7.52. The van der Waals surface area contributed by atoms with Crippen LogP contribution in [0.5, 0.6) is 5.75 Å². The average Bonchev–Trinajstić information content (AvgIpc) is 3.62. The van der Waals surface area contributed by atoms with Gasteiger partial charge in [0.25, 0.3) is 0 Å². The molecule has 2 heterocycles. The zero-order valence-corrected chi connectivity index (χ0v) is 24.4. The number of alkyl halides is 3. The molecule has 4 aromatic rings. The molecule has 0 radical (unpaired) electrons. The maximum atomic E-state index is 13.0. The van der Waals surface area contributed by atoms with E-state index in [4.69, 9.17) is 14.0 Å². The summed E-state index contributed by atoms with van der Waals surface area (Å²) in [6.45, 7) is 8.11. The monoisotopic (exact) mass is 594 g/mol. The average molecular weight is 595 g/mol. The van der Waals surface area contributed by atoms with Crippen molar-refractivity contribution in [1.82, 2.24) is 15.0 Å². The van der Waals surface area contributed by atoms with E-state index in [0.717, 1.165) is 41.3 Å². The van der Waals surface area contributed by atoms with Crippen molar-refractivity contribution >= 4 is 22.7 Å². The second-order valence-electron chi connectivity index (χ2n) is 11.5. The van der Waals surface area contributed by atoms with E-state index in [2.05, 4.69) is 15.1 Å². The van der Waals surface area contributed by atoms with E-state index >= 15 is 0 Å². The zero-order chi connectivity index (χ0) is 30.8. The maximum absolute atomic E-state index is 13.0. The molecule has 1 aromatic heterocycles. The van der Waals surface area contributed by atoms with Gasteiger partial charge in [0.1, 0.15) is 23.2 Å². The van der Waals surface area contributed by atoms with Crippen LogP contribution < -0.4 is 4.74 Å². The number of likely N-dealkylation sites (tertiary alicyclic amines) is 1. The smallest absolute Gasteiger partial charge is 0.435 e. The first kappa shape index (κ1) is 30.1. The SMILES string of the molecule is CC(=NC(=O)OC(C)(C)C)N1CCC[C@H]1c1nc(-c2ccc3cc(OCCc4cccc(C(F)(F)F)c4)ccc3c2)no1. The van der Waals surface area contributed by atoms with Crippen molar-refractivity contribution in [1.29, 1.82) is 0 Å². The second-order valence-corrected chi connectivity index (χ2v) is 11.5. The van der Waals surface area contributed by atoms with Crippen LogP contribution in [0.25, 0.3) is 22.2 Å². The molecule has 0 saturated carbocycles. The van der Waals surface area contributed by atoms with Crippen molar-refractivity contribution in [3.05, 3.63) is 77.7 Å². The zero-order valence-electron chi connectivity index (χ0n) is 24.4. The van der Waals surface area contributed by atoms with Crippen LogP contribution in [0.1, 0.15) is 63.6 Å². The lowest BCUT2D eigenvalue weighted by Gasteiger charge is -2.24. The highest BCUT2D eigenvalue weighted by molar-refractivity contribution is 5.90. The number of aromatic nitrogens is 2. The number of aliphatic imine (C=N–C) groups is 1. The Balaban J connectivity index is 1.24. The lowest BCUT2D eigenvalue weighted by atomic mass is 10.1. The number of hydrogen-bond acceptors (Lipinski definition) is 6. The lowest BCUT2D eigenvalue weighted by molar-refractivity contribution is -0.137. The fourth-order valence-electron chi connectivity index (χ4n) is 5.02.